The second kappa shape index (κ2) is 9.15. The Hall–Kier alpha value is -3.14. The van der Waals surface area contributed by atoms with Crippen molar-refractivity contribution in [2.75, 3.05) is 31.2 Å². The van der Waals surface area contributed by atoms with Gasteiger partial charge in [0.15, 0.2) is 0 Å². The van der Waals surface area contributed by atoms with Crippen LogP contribution in [0.5, 0.6) is 5.75 Å². The molecule has 1 aliphatic rings. The van der Waals surface area contributed by atoms with Crippen LogP contribution in [0.25, 0.3) is 0 Å². The van der Waals surface area contributed by atoms with E-state index < -0.39 is 11.7 Å². The second-order valence-corrected chi connectivity index (χ2v) is 7.69. The molecule has 1 saturated heterocycles. The van der Waals surface area contributed by atoms with Gasteiger partial charge in [-0.05, 0) is 50.2 Å². The van der Waals surface area contributed by atoms with E-state index in [1.165, 1.54) is 12.1 Å². The molecule has 0 unspecified atom stereocenters. The first-order valence-electron chi connectivity index (χ1n) is 10.3. The van der Waals surface area contributed by atoms with Crippen molar-refractivity contribution in [1.29, 1.82) is 0 Å². The summed E-state index contributed by atoms with van der Waals surface area (Å²) < 4.78 is 49.4. The van der Waals surface area contributed by atoms with Gasteiger partial charge in [-0.25, -0.2) is 9.97 Å². The van der Waals surface area contributed by atoms with E-state index in [9.17, 15) is 13.2 Å². The first-order valence-corrected chi connectivity index (χ1v) is 10.3. The number of ether oxygens (including phenoxy) is 2. The average molecular weight is 447 g/mol. The number of nitrogens with zero attached hydrogens (tertiary/aromatic N) is 4. The quantitative estimate of drug-likeness (QED) is 0.615. The maximum absolute atomic E-state index is 12.6. The van der Waals surface area contributed by atoms with Crippen LogP contribution >= 0.6 is 0 Å². The van der Waals surface area contributed by atoms with Gasteiger partial charge in [-0.1, -0.05) is 0 Å². The van der Waals surface area contributed by atoms with Gasteiger partial charge in [-0.15, -0.1) is 0 Å². The molecular formula is C22H24F3N5O2. The molecule has 0 radical (unpaired) electrons. The number of aromatic nitrogens is 4. The Morgan fingerprint density at radius 3 is 2.53 bits per heavy atom. The fraction of sp³-hybridized carbons (Fsp3) is 0.409. The number of hydrogen-bond donors (Lipinski definition) is 1. The highest BCUT2D eigenvalue weighted by molar-refractivity contribution is 5.34. The topological polar surface area (TPSA) is 76.2 Å². The van der Waals surface area contributed by atoms with Gasteiger partial charge >= 0.3 is 6.18 Å². The molecule has 7 nitrogen and oxygen atoms in total. The average Bonchev–Trinajstić information content (AvgIpc) is 3.22. The summed E-state index contributed by atoms with van der Waals surface area (Å²) in [7, 11) is 0. The van der Waals surface area contributed by atoms with Crippen molar-refractivity contribution in [2.24, 2.45) is 0 Å². The molecule has 0 amide bonds. The van der Waals surface area contributed by atoms with Crippen LogP contribution in [0.4, 0.5) is 19.1 Å². The number of aryl methyl sites for hydroxylation is 2. The van der Waals surface area contributed by atoms with Gasteiger partial charge in [0.05, 0.1) is 31.0 Å². The molecule has 2 aromatic heterocycles. The number of benzene rings is 1. The highest BCUT2D eigenvalue weighted by Gasteiger charge is 2.30. The third-order valence-electron chi connectivity index (χ3n) is 5.12. The fourth-order valence-corrected chi connectivity index (χ4v) is 3.55. The Morgan fingerprint density at radius 1 is 1.12 bits per heavy atom. The minimum Gasteiger partial charge on any atom is -0.493 e. The van der Waals surface area contributed by atoms with Crippen LogP contribution in [-0.4, -0.2) is 46.5 Å². The van der Waals surface area contributed by atoms with Gasteiger partial charge in [0.2, 0.25) is 5.95 Å². The third kappa shape index (κ3) is 5.37. The summed E-state index contributed by atoms with van der Waals surface area (Å²) in [6.07, 6.45) is -4.04. The Bertz CT molecular complexity index is 1030. The van der Waals surface area contributed by atoms with Crippen molar-refractivity contribution in [1.82, 2.24) is 20.2 Å². The van der Waals surface area contributed by atoms with E-state index in [2.05, 4.69) is 25.1 Å². The fourth-order valence-electron chi connectivity index (χ4n) is 3.55. The summed E-state index contributed by atoms with van der Waals surface area (Å²) in [5.74, 6) is 1.08. The number of aromatic amines is 1. The van der Waals surface area contributed by atoms with Gasteiger partial charge in [0.1, 0.15) is 11.9 Å². The lowest BCUT2D eigenvalue weighted by molar-refractivity contribution is -0.137. The smallest absolute Gasteiger partial charge is 0.416 e. The number of anilines is 1. The molecule has 3 heterocycles. The molecule has 170 valence electrons. The van der Waals surface area contributed by atoms with Crippen molar-refractivity contribution in [3.63, 3.8) is 0 Å². The number of hydrogen-bond acceptors (Lipinski definition) is 6. The summed E-state index contributed by atoms with van der Waals surface area (Å²) in [5, 5.41) is 7.35. The predicted molar refractivity (Wildman–Crippen MR) is 112 cm³/mol. The van der Waals surface area contributed by atoms with E-state index in [0.717, 1.165) is 34.9 Å². The molecule has 1 fully saturated rings. The molecule has 1 atom stereocenters. The molecule has 32 heavy (non-hydrogen) atoms. The van der Waals surface area contributed by atoms with Crippen LogP contribution < -0.4 is 9.64 Å². The Morgan fingerprint density at radius 2 is 1.84 bits per heavy atom. The maximum Gasteiger partial charge on any atom is 0.416 e. The highest BCUT2D eigenvalue weighted by Crippen LogP contribution is 2.30. The first kappa shape index (κ1) is 22.1. The number of morpholine rings is 1. The minimum atomic E-state index is -4.36. The van der Waals surface area contributed by atoms with E-state index in [1.807, 2.05) is 26.0 Å². The summed E-state index contributed by atoms with van der Waals surface area (Å²) >= 11 is 0. The molecule has 0 saturated carbocycles. The number of H-pyrrole nitrogens is 1. The zero-order valence-electron chi connectivity index (χ0n) is 17.8. The van der Waals surface area contributed by atoms with Crippen molar-refractivity contribution in [2.45, 2.75) is 32.5 Å². The Labute approximate surface area is 183 Å². The van der Waals surface area contributed by atoms with Gasteiger partial charge in [0, 0.05) is 30.0 Å². The summed E-state index contributed by atoms with van der Waals surface area (Å²) in [6.45, 7) is 6.04. The highest BCUT2D eigenvalue weighted by atomic mass is 19.4. The lowest BCUT2D eigenvalue weighted by Gasteiger charge is -2.32. The van der Waals surface area contributed by atoms with Crippen LogP contribution in [0.1, 0.15) is 34.4 Å². The second-order valence-electron chi connectivity index (χ2n) is 7.69. The Balaban J connectivity index is 1.32. The van der Waals surface area contributed by atoms with Crippen LogP contribution in [0, 0.1) is 13.8 Å². The standard InChI is InChI=1S/C22H24F3N5O2/c1-14-11-15(2)27-21(26-14)30-8-10-32-20(13-30)19-12-17(28-29-19)7-9-31-18-5-3-16(4-6-18)22(23,24)25/h3-6,11-12,20H,7-10,13H2,1-2H3,(H,28,29)/t20-/m1/s1. The molecule has 0 aliphatic carbocycles. The molecule has 1 N–H and O–H groups in total. The summed E-state index contributed by atoms with van der Waals surface area (Å²) in [6, 6.07) is 8.52. The molecule has 1 aliphatic heterocycles. The van der Waals surface area contributed by atoms with Crippen molar-refractivity contribution < 1.29 is 22.6 Å². The van der Waals surface area contributed by atoms with E-state index >= 15 is 0 Å². The van der Waals surface area contributed by atoms with E-state index in [-0.39, 0.29) is 6.10 Å². The van der Waals surface area contributed by atoms with Crippen LogP contribution in [-0.2, 0) is 17.3 Å². The number of halogens is 3. The molecule has 4 rings (SSSR count). The van der Waals surface area contributed by atoms with Gasteiger partial charge in [0.25, 0.3) is 0 Å². The largest absolute Gasteiger partial charge is 0.493 e. The summed E-state index contributed by atoms with van der Waals surface area (Å²) in [4.78, 5) is 11.2. The van der Waals surface area contributed by atoms with Gasteiger partial charge in [-0.2, -0.15) is 18.3 Å². The zero-order chi connectivity index (χ0) is 22.7. The Kier molecular flexibility index (Phi) is 6.31. The van der Waals surface area contributed by atoms with Crippen molar-refractivity contribution in [3.05, 3.63) is 64.7 Å². The lowest BCUT2D eigenvalue weighted by Crippen LogP contribution is -2.39. The molecule has 3 aromatic rings. The summed E-state index contributed by atoms with van der Waals surface area (Å²) in [5.41, 5.74) is 2.78. The SMILES string of the molecule is Cc1cc(C)nc(N2CCO[C@@H](c3cc(CCOc4ccc(C(F)(F)F)cc4)[nH]n3)C2)n1. The zero-order valence-corrected chi connectivity index (χ0v) is 17.8. The number of rotatable bonds is 6. The maximum atomic E-state index is 12.6. The number of alkyl halides is 3. The monoisotopic (exact) mass is 447 g/mol. The third-order valence-corrected chi connectivity index (χ3v) is 5.12. The van der Waals surface area contributed by atoms with Gasteiger partial charge < -0.3 is 14.4 Å². The first-order chi connectivity index (χ1) is 15.3. The normalized spacial score (nSPS) is 16.9. The van der Waals surface area contributed by atoms with Crippen molar-refractivity contribution in [3.8, 4) is 5.75 Å². The molecule has 10 heteroatoms. The van der Waals surface area contributed by atoms with E-state index in [1.54, 1.807) is 0 Å². The minimum absolute atomic E-state index is 0.214. The van der Waals surface area contributed by atoms with Gasteiger partial charge in [-0.3, -0.25) is 5.10 Å². The van der Waals surface area contributed by atoms with E-state index in [0.29, 0.717) is 44.4 Å². The van der Waals surface area contributed by atoms with Crippen LogP contribution in [0.15, 0.2) is 36.4 Å². The van der Waals surface area contributed by atoms with Crippen molar-refractivity contribution >= 4 is 5.95 Å². The number of nitrogens with one attached hydrogen (secondary N) is 1. The molecule has 0 bridgehead atoms. The predicted octanol–water partition coefficient (Wildman–Crippen LogP) is 4.03. The molecule has 1 aromatic carbocycles. The molecular weight excluding hydrogens is 423 g/mol. The van der Waals surface area contributed by atoms with Crippen LogP contribution in [0.3, 0.4) is 0 Å². The lowest BCUT2D eigenvalue weighted by atomic mass is 10.2. The molecule has 0 spiro atoms. The van der Waals surface area contributed by atoms with Crippen LogP contribution in [0.2, 0.25) is 0 Å². The van der Waals surface area contributed by atoms with E-state index in [4.69, 9.17) is 9.47 Å².